The number of benzene rings is 3. The zero-order valence-electron chi connectivity index (χ0n) is 18.2. The molecular formula is C24H17FN4O4S2. The summed E-state index contributed by atoms with van der Waals surface area (Å²) in [6.07, 6.45) is 0. The Kier molecular flexibility index (Phi) is 5.87. The molecule has 2 heterocycles. The van der Waals surface area contributed by atoms with E-state index < -0.39 is 15.4 Å². The van der Waals surface area contributed by atoms with Crippen LogP contribution in [0, 0.1) is 5.82 Å². The van der Waals surface area contributed by atoms with E-state index in [0.717, 1.165) is 16.9 Å². The van der Waals surface area contributed by atoms with Crippen molar-refractivity contribution in [1.82, 2.24) is 20.4 Å². The molecule has 0 aliphatic carbocycles. The molecule has 0 atom stereocenters. The zero-order chi connectivity index (χ0) is 24.6. The van der Waals surface area contributed by atoms with Crippen LogP contribution in [0.4, 0.5) is 4.39 Å². The topological polar surface area (TPSA) is 115 Å². The summed E-state index contributed by atoms with van der Waals surface area (Å²) in [5.74, 6) is -0.203. The van der Waals surface area contributed by atoms with Crippen molar-refractivity contribution in [2.75, 3.05) is 7.11 Å². The number of ether oxygens (including phenoxy) is 1. The molecule has 0 unspecified atom stereocenters. The molecule has 5 rings (SSSR count). The summed E-state index contributed by atoms with van der Waals surface area (Å²) in [4.78, 5) is 12.6. The minimum absolute atomic E-state index is 0.00346. The largest absolute Gasteiger partial charge is 0.496 e. The third kappa shape index (κ3) is 4.43. The number of methoxy groups -OCH3 is 1. The van der Waals surface area contributed by atoms with Crippen LogP contribution in [0.15, 0.2) is 75.9 Å². The molecule has 0 amide bonds. The van der Waals surface area contributed by atoms with Gasteiger partial charge in [-0.25, -0.2) is 17.9 Å². The van der Waals surface area contributed by atoms with Gasteiger partial charge in [0.25, 0.3) is 5.56 Å². The van der Waals surface area contributed by atoms with Crippen LogP contribution >= 0.6 is 11.3 Å². The molecule has 5 aromatic rings. The van der Waals surface area contributed by atoms with E-state index in [-0.39, 0.29) is 21.9 Å². The fourth-order valence-corrected chi connectivity index (χ4v) is 5.95. The second-order valence-corrected chi connectivity index (χ2v) is 10.5. The van der Waals surface area contributed by atoms with Gasteiger partial charge in [-0.15, -0.1) is 21.5 Å². The minimum atomic E-state index is -3.74. The summed E-state index contributed by atoms with van der Waals surface area (Å²) < 4.78 is 45.0. The Hall–Kier alpha value is -3.96. The molecule has 0 saturated heterocycles. The van der Waals surface area contributed by atoms with Crippen molar-refractivity contribution in [3.8, 4) is 28.1 Å². The van der Waals surface area contributed by atoms with Gasteiger partial charge < -0.3 is 4.74 Å². The molecule has 0 aliphatic rings. The highest BCUT2D eigenvalue weighted by Crippen LogP contribution is 2.36. The van der Waals surface area contributed by atoms with Gasteiger partial charge in [0.1, 0.15) is 33.5 Å². The van der Waals surface area contributed by atoms with Crippen molar-refractivity contribution in [2.24, 2.45) is 0 Å². The van der Waals surface area contributed by atoms with Gasteiger partial charge in [0.15, 0.2) is 9.84 Å². The molecule has 0 spiro atoms. The predicted molar refractivity (Wildman–Crippen MR) is 131 cm³/mol. The molecule has 0 radical (unpaired) electrons. The predicted octanol–water partition coefficient (Wildman–Crippen LogP) is 4.23. The Bertz CT molecular complexity index is 1720. The van der Waals surface area contributed by atoms with Gasteiger partial charge in [-0.1, -0.05) is 24.3 Å². The molecule has 35 heavy (non-hydrogen) atoms. The fourth-order valence-electron chi connectivity index (χ4n) is 3.78. The summed E-state index contributed by atoms with van der Waals surface area (Å²) in [6, 6.07) is 15.8. The number of nitrogens with one attached hydrogen (secondary N) is 1. The maximum Gasteiger partial charge on any atom is 0.272 e. The van der Waals surface area contributed by atoms with Gasteiger partial charge in [0.05, 0.1) is 17.4 Å². The standard InChI is InChI=1S/C24H17FN4O4S2/c1-33-21-10-15(14-3-2-4-16(25)9-14)5-7-19(21)23-18-8-6-17(11-20(18)24(30)29-28-23)35(31,32)12-22-27-26-13-34-22/h2-11,13H,12H2,1H3,(H,29,30). The monoisotopic (exact) mass is 508 g/mol. The van der Waals surface area contributed by atoms with E-state index in [1.807, 2.05) is 0 Å². The lowest BCUT2D eigenvalue weighted by molar-refractivity contribution is 0.416. The highest BCUT2D eigenvalue weighted by atomic mass is 32.2. The number of fused-ring (bicyclic) bond motifs is 1. The first kappa shape index (κ1) is 22.8. The second-order valence-electron chi connectivity index (χ2n) is 7.63. The van der Waals surface area contributed by atoms with E-state index in [2.05, 4.69) is 20.4 Å². The van der Waals surface area contributed by atoms with Crippen molar-refractivity contribution in [3.63, 3.8) is 0 Å². The number of hydrogen-bond acceptors (Lipinski definition) is 8. The van der Waals surface area contributed by atoms with Gasteiger partial charge >= 0.3 is 0 Å². The van der Waals surface area contributed by atoms with E-state index in [4.69, 9.17) is 4.74 Å². The van der Waals surface area contributed by atoms with Gasteiger partial charge in [-0.2, -0.15) is 5.10 Å². The maximum atomic E-state index is 13.7. The third-order valence-electron chi connectivity index (χ3n) is 5.45. The van der Waals surface area contributed by atoms with Gasteiger partial charge in [0, 0.05) is 10.9 Å². The Balaban J connectivity index is 1.61. The molecule has 0 saturated carbocycles. The quantitative estimate of drug-likeness (QED) is 0.365. The van der Waals surface area contributed by atoms with Crippen LogP contribution in [0.3, 0.4) is 0 Å². The van der Waals surface area contributed by atoms with Gasteiger partial charge in [0.2, 0.25) is 0 Å². The van der Waals surface area contributed by atoms with Crippen LogP contribution in [-0.4, -0.2) is 35.9 Å². The number of halogens is 1. The summed E-state index contributed by atoms with van der Waals surface area (Å²) in [6.45, 7) is 0. The SMILES string of the molecule is COc1cc(-c2cccc(F)c2)ccc1-c1n[nH]c(=O)c2cc(S(=O)(=O)Cc3nncs3)ccc12. The number of nitrogens with zero attached hydrogens (tertiary/aromatic N) is 3. The molecule has 0 aliphatic heterocycles. The van der Waals surface area contributed by atoms with E-state index in [1.54, 1.807) is 36.4 Å². The van der Waals surface area contributed by atoms with E-state index in [0.29, 0.717) is 33.0 Å². The minimum Gasteiger partial charge on any atom is -0.496 e. The lowest BCUT2D eigenvalue weighted by Crippen LogP contribution is -2.12. The fraction of sp³-hybridized carbons (Fsp3) is 0.0833. The van der Waals surface area contributed by atoms with Crippen LogP contribution in [-0.2, 0) is 15.6 Å². The van der Waals surface area contributed by atoms with Crippen molar-refractivity contribution >= 4 is 31.9 Å². The Morgan fingerprint density at radius 3 is 2.60 bits per heavy atom. The van der Waals surface area contributed by atoms with Crippen molar-refractivity contribution < 1.29 is 17.5 Å². The van der Waals surface area contributed by atoms with Crippen molar-refractivity contribution in [2.45, 2.75) is 10.6 Å². The van der Waals surface area contributed by atoms with Crippen LogP contribution in [0.2, 0.25) is 0 Å². The van der Waals surface area contributed by atoms with Crippen molar-refractivity contribution in [3.05, 3.63) is 87.4 Å². The van der Waals surface area contributed by atoms with Crippen LogP contribution < -0.4 is 10.3 Å². The lowest BCUT2D eigenvalue weighted by atomic mass is 9.99. The number of sulfone groups is 1. The maximum absolute atomic E-state index is 13.7. The van der Waals surface area contributed by atoms with Crippen LogP contribution in [0.1, 0.15) is 5.01 Å². The Morgan fingerprint density at radius 2 is 1.86 bits per heavy atom. The Labute approximate surface area is 203 Å². The third-order valence-corrected chi connectivity index (χ3v) is 7.96. The molecule has 8 nitrogen and oxygen atoms in total. The Morgan fingerprint density at radius 1 is 1.03 bits per heavy atom. The van der Waals surface area contributed by atoms with Crippen molar-refractivity contribution in [1.29, 1.82) is 0 Å². The number of aromatic amines is 1. The molecule has 11 heteroatoms. The average molecular weight is 509 g/mol. The molecule has 0 bridgehead atoms. The highest BCUT2D eigenvalue weighted by Gasteiger charge is 2.21. The molecule has 176 valence electrons. The first-order valence-corrected chi connectivity index (χ1v) is 12.8. The lowest BCUT2D eigenvalue weighted by Gasteiger charge is -2.13. The summed E-state index contributed by atoms with van der Waals surface area (Å²) in [7, 11) is -2.24. The first-order chi connectivity index (χ1) is 16.9. The molecule has 1 N–H and O–H groups in total. The number of hydrogen-bond donors (Lipinski definition) is 1. The van der Waals surface area contributed by atoms with Crippen LogP contribution in [0.25, 0.3) is 33.2 Å². The van der Waals surface area contributed by atoms with Crippen LogP contribution in [0.5, 0.6) is 5.75 Å². The van der Waals surface area contributed by atoms with Gasteiger partial charge in [-0.3, -0.25) is 4.79 Å². The zero-order valence-corrected chi connectivity index (χ0v) is 19.9. The van der Waals surface area contributed by atoms with Gasteiger partial charge in [-0.05, 0) is 47.5 Å². The van der Waals surface area contributed by atoms with E-state index in [9.17, 15) is 17.6 Å². The van der Waals surface area contributed by atoms with E-state index in [1.165, 1.54) is 36.9 Å². The molecule has 0 fully saturated rings. The smallest absolute Gasteiger partial charge is 0.272 e. The van der Waals surface area contributed by atoms with E-state index >= 15 is 0 Å². The average Bonchev–Trinajstić information content (AvgIpc) is 3.36. The molecule has 3 aromatic carbocycles. The number of rotatable bonds is 6. The number of aromatic nitrogens is 4. The number of H-pyrrole nitrogens is 1. The summed E-state index contributed by atoms with van der Waals surface area (Å²) in [5.41, 5.74) is 3.35. The molecule has 2 aromatic heterocycles. The second kappa shape index (κ2) is 9.01. The summed E-state index contributed by atoms with van der Waals surface area (Å²) in [5, 5.41) is 15.1. The first-order valence-electron chi connectivity index (χ1n) is 10.3. The normalized spacial score (nSPS) is 11.6. The molecular weight excluding hydrogens is 491 g/mol. The summed E-state index contributed by atoms with van der Waals surface area (Å²) >= 11 is 1.14. The highest BCUT2D eigenvalue weighted by molar-refractivity contribution is 7.90.